The van der Waals surface area contributed by atoms with Gasteiger partial charge in [0, 0.05) is 17.3 Å². The maximum atomic E-state index is 12.0. The zero-order chi connectivity index (χ0) is 16.4. The highest BCUT2D eigenvalue weighted by Gasteiger charge is 2.29. The molecule has 0 aromatic carbocycles. The molecule has 1 amide bonds. The summed E-state index contributed by atoms with van der Waals surface area (Å²) in [6, 6.07) is 0.116. The van der Waals surface area contributed by atoms with E-state index in [1.165, 1.54) is 6.92 Å². The molecule has 0 saturated heterocycles. The van der Waals surface area contributed by atoms with Crippen molar-refractivity contribution < 1.29 is 19.1 Å². The average Bonchev–Trinajstić information content (AvgIpc) is 3.22. The van der Waals surface area contributed by atoms with Crippen LogP contribution in [0.15, 0.2) is 0 Å². The summed E-state index contributed by atoms with van der Waals surface area (Å²) in [5, 5.41) is 2.82. The molecule has 1 aliphatic rings. The van der Waals surface area contributed by atoms with E-state index in [-0.39, 0.29) is 30.0 Å². The number of amides is 1. The van der Waals surface area contributed by atoms with Gasteiger partial charge in [-0.1, -0.05) is 0 Å². The van der Waals surface area contributed by atoms with E-state index in [2.05, 4.69) is 10.3 Å². The number of hydrogen-bond acceptors (Lipinski definition) is 4. The number of carbonyl (C=O) groups is 3. The second-order valence-corrected chi connectivity index (χ2v) is 5.95. The summed E-state index contributed by atoms with van der Waals surface area (Å²) in [5.74, 6) is -0.491. The fraction of sp³-hybridized carbons (Fsp3) is 0.562. The van der Waals surface area contributed by atoms with Gasteiger partial charge in [0.2, 0.25) is 0 Å². The lowest BCUT2D eigenvalue weighted by Gasteiger charge is -2.12. The third-order valence-corrected chi connectivity index (χ3v) is 4.05. The van der Waals surface area contributed by atoms with Crippen LogP contribution in [0.5, 0.6) is 0 Å². The molecule has 0 bridgehead atoms. The number of nitrogens with one attached hydrogen (secondary N) is 2. The van der Waals surface area contributed by atoms with Gasteiger partial charge < -0.3 is 15.0 Å². The Morgan fingerprint density at radius 2 is 1.95 bits per heavy atom. The van der Waals surface area contributed by atoms with E-state index in [0.717, 1.165) is 12.8 Å². The van der Waals surface area contributed by atoms with Crippen LogP contribution in [0.4, 0.5) is 0 Å². The molecule has 2 rings (SSSR count). The van der Waals surface area contributed by atoms with Crippen LogP contribution < -0.4 is 5.32 Å². The summed E-state index contributed by atoms with van der Waals surface area (Å²) >= 11 is 0. The molecule has 0 spiro atoms. The third-order valence-electron chi connectivity index (χ3n) is 4.05. The summed E-state index contributed by atoms with van der Waals surface area (Å²) in [5.41, 5.74) is 1.91. The molecule has 1 aliphatic carbocycles. The lowest BCUT2D eigenvalue weighted by Crippen LogP contribution is -2.37. The third kappa shape index (κ3) is 3.55. The summed E-state index contributed by atoms with van der Waals surface area (Å²) in [4.78, 5) is 38.2. The standard InChI is InChI=1S/C16H22N2O4/c1-8-14(11(4)19)10(3)18-15(8)16(21)22-7-13(20)17-9(2)12-5-6-12/h9,12,18H,5-7H2,1-4H3,(H,17,20)/t9-/m0/s1. The summed E-state index contributed by atoms with van der Waals surface area (Å²) in [6.07, 6.45) is 2.27. The Kier molecular flexibility index (Phi) is 4.68. The number of aromatic nitrogens is 1. The van der Waals surface area contributed by atoms with Gasteiger partial charge in [0.1, 0.15) is 5.69 Å². The van der Waals surface area contributed by atoms with Crippen LogP contribution in [0.2, 0.25) is 0 Å². The van der Waals surface area contributed by atoms with Crippen LogP contribution in [0, 0.1) is 19.8 Å². The molecule has 22 heavy (non-hydrogen) atoms. The first-order valence-corrected chi connectivity index (χ1v) is 7.47. The summed E-state index contributed by atoms with van der Waals surface area (Å²) in [6.45, 7) is 6.50. The minimum Gasteiger partial charge on any atom is -0.451 e. The summed E-state index contributed by atoms with van der Waals surface area (Å²) < 4.78 is 5.03. The van der Waals surface area contributed by atoms with E-state index < -0.39 is 5.97 Å². The van der Waals surface area contributed by atoms with Crippen molar-refractivity contribution in [3.05, 3.63) is 22.5 Å². The molecule has 1 fully saturated rings. The Balaban J connectivity index is 1.93. The van der Waals surface area contributed by atoms with Crippen LogP contribution >= 0.6 is 0 Å². The predicted octanol–water partition coefficient (Wildman–Crippen LogP) is 1.91. The molecule has 1 heterocycles. The molecule has 0 aliphatic heterocycles. The molecular formula is C16H22N2O4. The predicted molar refractivity (Wildman–Crippen MR) is 80.9 cm³/mol. The van der Waals surface area contributed by atoms with Crippen LogP contribution in [0.1, 0.15) is 58.8 Å². The fourth-order valence-corrected chi connectivity index (χ4v) is 2.70. The first kappa shape index (κ1) is 16.3. The number of ketones is 1. The summed E-state index contributed by atoms with van der Waals surface area (Å²) in [7, 11) is 0. The van der Waals surface area contributed by atoms with Gasteiger partial charge in [0.05, 0.1) is 0 Å². The molecule has 120 valence electrons. The highest BCUT2D eigenvalue weighted by molar-refractivity contribution is 6.01. The Labute approximate surface area is 129 Å². The van der Waals surface area contributed by atoms with E-state index >= 15 is 0 Å². The normalized spacial score (nSPS) is 15.3. The molecule has 1 aromatic heterocycles. The van der Waals surface area contributed by atoms with Gasteiger partial charge in [-0.2, -0.15) is 0 Å². The number of carbonyl (C=O) groups excluding carboxylic acids is 3. The Hall–Kier alpha value is -2.11. The first-order chi connectivity index (χ1) is 10.3. The van der Waals surface area contributed by atoms with Crippen molar-refractivity contribution >= 4 is 17.7 Å². The number of Topliss-reactive ketones (excluding diaryl/α,β-unsaturated/α-hetero) is 1. The zero-order valence-corrected chi connectivity index (χ0v) is 13.4. The zero-order valence-electron chi connectivity index (χ0n) is 13.4. The largest absolute Gasteiger partial charge is 0.451 e. The Bertz CT molecular complexity index is 614. The van der Waals surface area contributed by atoms with Crippen molar-refractivity contribution in [1.29, 1.82) is 0 Å². The molecule has 1 saturated carbocycles. The van der Waals surface area contributed by atoms with Gasteiger partial charge in [-0.15, -0.1) is 0 Å². The monoisotopic (exact) mass is 306 g/mol. The highest BCUT2D eigenvalue weighted by Crippen LogP contribution is 2.32. The minimum atomic E-state index is -0.623. The van der Waals surface area contributed by atoms with Gasteiger partial charge in [0.25, 0.3) is 5.91 Å². The minimum absolute atomic E-state index is 0.110. The number of aryl methyl sites for hydroxylation is 1. The molecule has 0 unspecified atom stereocenters. The van der Waals surface area contributed by atoms with E-state index in [4.69, 9.17) is 4.74 Å². The van der Waals surface area contributed by atoms with Gasteiger partial charge in [-0.3, -0.25) is 9.59 Å². The molecular weight excluding hydrogens is 284 g/mol. The maximum Gasteiger partial charge on any atom is 0.355 e. The van der Waals surface area contributed by atoms with Gasteiger partial charge in [-0.05, 0) is 52.0 Å². The topological polar surface area (TPSA) is 88.3 Å². The van der Waals surface area contributed by atoms with E-state index in [9.17, 15) is 14.4 Å². The van der Waals surface area contributed by atoms with Crippen molar-refractivity contribution in [2.75, 3.05) is 6.61 Å². The quantitative estimate of drug-likeness (QED) is 0.620. The van der Waals surface area contributed by atoms with Gasteiger partial charge in [-0.25, -0.2) is 4.79 Å². The van der Waals surface area contributed by atoms with Crippen molar-refractivity contribution in [3.63, 3.8) is 0 Å². The van der Waals surface area contributed by atoms with Crippen LogP contribution in [-0.2, 0) is 9.53 Å². The van der Waals surface area contributed by atoms with Gasteiger partial charge >= 0.3 is 5.97 Å². The second kappa shape index (κ2) is 6.34. The van der Waals surface area contributed by atoms with Gasteiger partial charge in [0.15, 0.2) is 12.4 Å². The average molecular weight is 306 g/mol. The number of esters is 1. The SMILES string of the molecule is CC(=O)c1c(C)[nH]c(C(=O)OCC(=O)N[C@@H](C)C2CC2)c1C. The van der Waals surface area contributed by atoms with Crippen molar-refractivity contribution in [3.8, 4) is 0 Å². The molecule has 2 N–H and O–H groups in total. The second-order valence-electron chi connectivity index (χ2n) is 5.95. The molecule has 1 aromatic rings. The number of rotatable bonds is 6. The van der Waals surface area contributed by atoms with Crippen LogP contribution in [0.25, 0.3) is 0 Å². The fourth-order valence-electron chi connectivity index (χ4n) is 2.70. The van der Waals surface area contributed by atoms with Crippen molar-refractivity contribution in [1.82, 2.24) is 10.3 Å². The molecule has 1 atom stereocenters. The molecule has 6 nitrogen and oxygen atoms in total. The molecule has 6 heteroatoms. The van der Waals surface area contributed by atoms with Crippen molar-refractivity contribution in [2.24, 2.45) is 5.92 Å². The van der Waals surface area contributed by atoms with E-state index in [0.29, 0.717) is 22.7 Å². The van der Waals surface area contributed by atoms with E-state index in [1.807, 2.05) is 6.92 Å². The number of H-pyrrole nitrogens is 1. The lowest BCUT2D eigenvalue weighted by molar-refractivity contribution is -0.125. The van der Waals surface area contributed by atoms with Crippen LogP contribution in [0.3, 0.4) is 0 Å². The Morgan fingerprint density at radius 1 is 1.32 bits per heavy atom. The Morgan fingerprint density at radius 3 is 2.45 bits per heavy atom. The number of ether oxygens (including phenoxy) is 1. The lowest BCUT2D eigenvalue weighted by atomic mass is 10.1. The first-order valence-electron chi connectivity index (χ1n) is 7.47. The number of aromatic amines is 1. The molecule has 0 radical (unpaired) electrons. The highest BCUT2D eigenvalue weighted by atomic mass is 16.5. The van der Waals surface area contributed by atoms with E-state index in [1.54, 1.807) is 13.8 Å². The van der Waals surface area contributed by atoms with Crippen molar-refractivity contribution in [2.45, 2.75) is 46.6 Å². The van der Waals surface area contributed by atoms with Crippen LogP contribution in [-0.4, -0.2) is 35.3 Å². The smallest absolute Gasteiger partial charge is 0.355 e. The maximum absolute atomic E-state index is 12.0. The number of hydrogen-bond donors (Lipinski definition) is 2.